The van der Waals surface area contributed by atoms with Crippen molar-refractivity contribution >= 4 is 17.9 Å². The minimum atomic E-state index is -0.818. The van der Waals surface area contributed by atoms with Gasteiger partial charge in [0.25, 0.3) is 0 Å². The van der Waals surface area contributed by atoms with Crippen LogP contribution in [0, 0.1) is 0 Å². The Labute approximate surface area is 375 Å². The Morgan fingerprint density at radius 1 is 0.328 bits per heavy atom. The maximum absolute atomic E-state index is 12.8. The number of allylic oxidation sites excluding steroid dienone is 14. The third-order valence-electron chi connectivity index (χ3n) is 10.4. The van der Waals surface area contributed by atoms with Crippen molar-refractivity contribution in [1.82, 2.24) is 0 Å². The molecule has 0 radical (unpaired) electrons. The van der Waals surface area contributed by atoms with Crippen LogP contribution in [0.15, 0.2) is 85.1 Å². The van der Waals surface area contributed by atoms with E-state index in [0.717, 1.165) is 77.0 Å². The SMILES string of the molecule is CCCCC/C=C\C/C=C\C/C=C\C/C=C\CCCC(=O)O[C@H](COC(=O)CCCC/C=C\C/C=C\C/C=C\CCCCC)COC(=O)CCCCCCCCCCCCC. The number of hydrogen-bond acceptors (Lipinski definition) is 6. The third kappa shape index (κ3) is 47.5. The van der Waals surface area contributed by atoms with Crippen molar-refractivity contribution in [2.75, 3.05) is 13.2 Å². The maximum atomic E-state index is 12.8. The van der Waals surface area contributed by atoms with E-state index in [1.165, 1.54) is 103 Å². The zero-order valence-electron chi connectivity index (χ0n) is 39.7. The summed E-state index contributed by atoms with van der Waals surface area (Å²) in [6.07, 6.45) is 62.8. The monoisotopic (exact) mass is 849 g/mol. The largest absolute Gasteiger partial charge is 0.462 e. The summed E-state index contributed by atoms with van der Waals surface area (Å²) in [5.74, 6) is -1.01. The highest BCUT2D eigenvalue weighted by Crippen LogP contribution is 2.13. The van der Waals surface area contributed by atoms with Crippen LogP contribution in [-0.2, 0) is 28.6 Å². The fraction of sp³-hybridized carbons (Fsp3) is 0.691. The van der Waals surface area contributed by atoms with Crippen LogP contribution in [0.1, 0.15) is 226 Å². The molecule has 0 unspecified atom stereocenters. The van der Waals surface area contributed by atoms with Crippen LogP contribution in [0.4, 0.5) is 0 Å². The van der Waals surface area contributed by atoms with Crippen molar-refractivity contribution in [1.29, 1.82) is 0 Å². The van der Waals surface area contributed by atoms with Crippen LogP contribution in [0.3, 0.4) is 0 Å². The van der Waals surface area contributed by atoms with E-state index >= 15 is 0 Å². The van der Waals surface area contributed by atoms with Crippen molar-refractivity contribution in [3.63, 3.8) is 0 Å². The molecule has 0 fully saturated rings. The van der Waals surface area contributed by atoms with Gasteiger partial charge in [-0.25, -0.2) is 0 Å². The van der Waals surface area contributed by atoms with Crippen molar-refractivity contribution in [3.8, 4) is 0 Å². The Morgan fingerprint density at radius 2 is 0.607 bits per heavy atom. The van der Waals surface area contributed by atoms with Crippen LogP contribution in [0.2, 0.25) is 0 Å². The molecule has 61 heavy (non-hydrogen) atoms. The van der Waals surface area contributed by atoms with Gasteiger partial charge in [-0.3, -0.25) is 14.4 Å². The highest BCUT2D eigenvalue weighted by molar-refractivity contribution is 5.71. The summed E-state index contributed by atoms with van der Waals surface area (Å²) in [7, 11) is 0. The number of unbranched alkanes of at least 4 members (excludes halogenated alkanes) is 19. The molecule has 0 aromatic carbocycles. The van der Waals surface area contributed by atoms with Crippen LogP contribution >= 0.6 is 0 Å². The zero-order valence-corrected chi connectivity index (χ0v) is 39.7. The van der Waals surface area contributed by atoms with Crippen LogP contribution in [0.25, 0.3) is 0 Å². The molecule has 6 heteroatoms. The lowest BCUT2D eigenvalue weighted by molar-refractivity contribution is -0.167. The van der Waals surface area contributed by atoms with E-state index in [1.54, 1.807) is 0 Å². The van der Waals surface area contributed by atoms with E-state index < -0.39 is 6.10 Å². The first-order valence-corrected chi connectivity index (χ1v) is 25.1. The Hall–Kier alpha value is -3.41. The lowest BCUT2D eigenvalue weighted by atomic mass is 10.1. The lowest BCUT2D eigenvalue weighted by Gasteiger charge is -2.18. The van der Waals surface area contributed by atoms with Gasteiger partial charge in [-0.2, -0.15) is 0 Å². The first kappa shape index (κ1) is 57.6. The van der Waals surface area contributed by atoms with E-state index in [4.69, 9.17) is 14.2 Å². The third-order valence-corrected chi connectivity index (χ3v) is 10.4. The molecule has 0 heterocycles. The molecule has 0 bridgehead atoms. The molecule has 1 atom stereocenters. The molecule has 0 N–H and O–H groups in total. The summed E-state index contributed by atoms with van der Waals surface area (Å²) in [5.41, 5.74) is 0. The van der Waals surface area contributed by atoms with Crippen LogP contribution in [0.5, 0.6) is 0 Å². The van der Waals surface area contributed by atoms with Gasteiger partial charge in [0.1, 0.15) is 13.2 Å². The van der Waals surface area contributed by atoms with E-state index in [9.17, 15) is 14.4 Å². The van der Waals surface area contributed by atoms with Crippen LogP contribution in [-0.4, -0.2) is 37.2 Å². The van der Waals surface area contributed by atoms with Crippen molar-refractivity contribution < 1.29 is 28.6 Å². The van der Waals surface area contributed by atoms with Gasteiger partial charge >= 0.3 is 17.9 Å². The number of ether oxygens (including phenoxy) is 3. The average molecular weight is 849 g/mol. The first-order valence-electron chi connectivity index (χ1n) is 25.1. The summed E-state index contributed by atoms with van der Waals surface area (Å²) in [5, 5.41) is 0. The fourth-order valence-corrected chi connectivity index (χ4v) is 6.56. The molecule has 348 valence electrons. The number of rotatable bonds is 44. The normalized spacial score (nSPS) is 12.8. The molecule has 0 aliphatic carbocycles. The van der Waals surface area contributed by atoms with Crippen molar-refractivity contribution in [3.05, 3.63) is 85.1 Å². The van der Waals surface area contributed by atoms with Gasteiger partial charge in [0.2, 0.25) is 0 Å². The Balaban J connectivity index is 4.54. The summed E-state index contributed by atoms with van der Waals surface area (Å²) in [6.45, 7) is 6.48. The lowest BCUT2D eigenvalue weighted by Crippen LogP contribution is -2.30. The first-order chi connectivity index (χ1) is 30.0. The van der Waals surface area contributed by atoms with Gasteiger partial charge in [0.15, 0.2) is 6.10 Å². The smallest absolute Gasteiger partial charge is 0.306 e. The average Bonchev–Trinajstić information content (AvgIpc) is 3.26. The molecule has 0 saturated heterocycles. The van der Waals surface area contributed by atoms with Crippen LogP contribution < -0.4 is 0 Å². The molecule has 0 aromatic rings. The van der Waals surface area contributed by atoms with Gasteiger partial charge in [-0.1, -0.05) is 196 Å². The zero-order chi connectivity index (χ0) is 44.4. The van der Waals surface area contributed by atoms with Crippen molar-refractivity contribution in [2.24, 2.45) is 0 Å². The summed E-state index contributed by atoms with van der Waals surface area (Å²) in [4.78, 5) is 37.9. The summed E-state index contributed by atoms with van der Waals surface area (Å²) >= 11 is 0. The molecular formula is C55H92O6. The Bertz CT molecular complexity index is 1200. The maximum Gasteiger partial charge on any atom is 0.306 e. The highest BCUT2D eigenvalue weighted by Gasteiger charge is 2.19. The molecule has 0 aliphatic rings. The quantitative estimate of drug-likeness (QED) is 0.0263. The van der Waals surface area contributed by atoms with Crippen molar-refractivity contribution in [2.45, 2.75) is 232 Å². The Morgan fingerprint density at radius 3 is 1.00 bits per heavy atom. The van der Waals surface area contributed by atoms with Gasteiger partial charge in [0.05, 0.1) is 0 Å². The number of carbonyl (C=O) groups is 3. The standard InChI is InChI=1S/C55H92O6/c1-4-7-10-13-16-19-22-24-26-27-29-31-34-37-40-43-46-49-55(58)61-52(50-59-53(56)47-44-41-38-35-32-21-18-15-12-9-6-3)51-60-54(57)48-45-42-39-36-33-30-28-25-23-20-17-14-11-8-5-2/h16-17,19-20,24-26,28-29,31,33,36-37,40,52H,4-15,18,21-23,27,30,32,34-35,38-39,41-51H2,1-3H3/b19-16-,20-17-,26-24-,28-25-,31-29-,36-33-,40-37-/t52-/m0/s1. The van der Waals surface area contributed by atoms with E-state index in [1.807, 2.05) is 0 Å². The molecular weight excluding hydrogens is 757 g/mol. The second-order valence-corrected chi connectivity index (χ2v) is 16.4. The number of hydrogen-bond donors (Lipinski definition) is 0. The van der Waals surface area contributed by atoms with Gasteiger partial charge < -0.3 is 14.2 Å². The fourth-order valence-electron chi connectivity index (χ4n) is 6.56. The predicted octanol–water partition coefficient (Wildman–Crippen LogP) is 16.4. The van der Waals surface area contributed by atoms with Gasteiger partial charge in [-0.15, -0.1) is 0 Å². The second-order valence-electron chi connectivity index (χ2n) is 16.4. The van der Waals surface area contributed by atoms with E-state index in [-0.39, 0.29) is 37.5 Å². The molecule has 6 nitrogen and oxygen atoms in total. The minimum Gasteiger partial charge on any atom is -0.462 e. The molecule has 0 saturated carbocycles. The molecule has 0 rings (SSSR count). The molecule has 0 aliphatic heterocycles. The van der Waals surface area contributed by atoms with Gasteiger partial charge in [-0.05, 0) is 96.3 Å². The molecule has 0 amide bonds. The predicted molar refractivity (Wildman–Crippen MR) is 261 cm³/mol. The van der Waals surface area contributed by atoms with E-state index in [0.29, 0.717) is 19.3 Å². The molecule has 0 spiro atoms. The number of esters is 3. The minimum absolute atomic E-state index is 0.110. The summed E-state index contributed by atoms with van der Waals surface area (Å²) < 4.78 is 16.7. The van der Waals surface area contributed by atoms with Gasteiger partial charge in [0, 0.05) is 19.3 Å². The topological polar surface area (TPSA) is 78.9 Å². The second kappa shape index (κ2) is 49.2. The highest BCUT2D eigenvalue weighted by atomic mass is 16.6. The Kier molecular flexibility index (Phi) is 46.5. The van der Waals surface area contributed by atoms with E-state index in [2.05, 4.69) is 106 Å². The molecule has 0 aromatic heterocycles. The summed E-state index contributed by atoms with van der Waals surface area (Å²) in [6, 6.07) is 0. The number of carbonyl (C=O) groups excluding carboxylic acids is 3.